The Balaban J connectivity index is 2.08. The number of carboxylic acids is 1. The normalized spacial score (nSPS) is 13.8. The van der Waals surface area contributed by atoms with Crippen molar-refractivity contribution in [3.05, 3.63) is 47.3 Å². The number of benzene rings is 1. The molecule has 1 aromatic heterocycles. The highest BCUT2D eigenvalue weighted by Crippen LogP contribution is 2.29. The molecule has 0 saturated carbocycles. The van der Waals surface area contributed by atoms with E-state index in [-0.39, 0.29) is 11.5 Å². The molecule has 0 unspecified atom stereocenters. The number of carbonyl (C=O) groups excluding carboxylic acids is 1. The molecule has 1 amide bonds. The number of carbonyl (C=O) groups is 2. The second kappa shape index (κ2) is 4.28. The molecule has 1 aromatic carbocycles. The number of carboxylic acid groups (broad SMARTS) is 1. The lowest BCUT2D eigenvalue weighted by Gasteiger charge is -2.14. The van der Waals surface area contributed by atoms with Gasteiger partial charge < -0.3 is 15.4 Å². The standard InChI is InChI=1S/C14H12N2O3/c17-13-5-10-11(6-15-12(10)7-16-13)8-2-1-3-9(4-8)14(18)19/h1-4,6,15H,5,7H2,(H,16,17)(H,18,19). The van der Waals surface area contributed by atoms with E-state index in [2.05, 4.69) is 10.3 Å². The molecule has 1 aliphatic heterocycles. The third-order valence-corrected chi connectivity index (χ3v) is 3.30. The van der Waals surface area contributed by atoms with Crippen LogP contribution in [0, 0.1) is 0 Å². The van der Waals surface area contributed by atoms with Crippen molar-refractivity contribution >= 4 is 11.9 Å². The van der Waals surface area contributed by atoms with E-state index in [1.165, 1.54) is 0 Å². The van der Waals surface area contributed by atoms with Crippen LogP contribution in [0.25, 0.3) is 11.1 Å². The fraction of sp³-hybridized carbons (Fsp3) is 0.143. The molecule has 0 bridgehead atoms. The van der Waals surface area contributed by atoms with E-state index in [4.69, 9.17) is 5.11 Å². The Morgan fingerprint density at radius 3 is 2.95 bits per heavy atom. The Morgan fingerprint density at radius 2 is 2.16 bits per heavy atom. The van der Waals surface area contributed by atoms with Gasteiger partial charge in [-0.2, -0.15) is 0 Å². The summed E-state index contributed by atoms with van der Waals surface area (Å²) in [5.74, 6) is -0.966. The Hall–Kier alpha value is -2.56. The summed E-state index contributed by atoms with van der Waals surface area (Å²) >= 11 is 0. The number of aromatic carboxylic acids is 1. The van der Waals surface area contributed by atoms with Gasteiger partial charge in [0.25, 0.3) is 0 Å². The summed E-state index contributed by atoms with van der Waals surface area (Å²) < 4.78 is 0. The number of hydrogen-bond acceptors (Lipinski definition) is 2. The van der Waals surface area contributed by atoms with Crippen molar-refractivity contribution in [1.29, 1.82) is 0 Å². The van der Waals surface area contributed by atoms with Crippen LogP contribution in [0.5, 0.6) is 0 Å². The highest BCUT2D eigenvalue weighted by Gasteiger charge is 2.20. The predicted octanol–water partition coefficient (Wildman–Crippen LogP) is 1.55. The summed E-state index contributed by atoms with van der Waals surface area (Å²) in [4.78, 5) is 25.6. The van der Waals surface area contributed by atoms with Crippen molar-refractivity contribution in [3.8, 4) is 11.1 Å². The summed E-state index contributed by atoms with van der Waals surface area (Å²) in [5.41, 5.74) is 3.88. The zero-order valence-electron chi connectivity index (χ0n) is 10.1. The Labute approximate surface area is 109 Å². The predicted molar refractivity (Wildman–Crippen MR) is 68.7 cm³/mol. The van der Waals surface area contributed by atoms with Crippen molar-refractivity contribution in [2.24, 2.45) is 0 Å². The molecular formula is C14H12N2O3. The molecule has 0 radical (unpaired) electrons. The van der Waals surface area contributed by atoms with Gasteiger partial charge in [0.1, 0.15) is 0 Å². The van der Waals surface area contributed by atoms with Gasteiger partial charge in [0.05, 0.1) is 18.5 Å². The van der Waals surface area contributed by atoms with E-state index in [1.807, 2.05) is 12.3 Å². The molecule has 5 nitrogen and oxygen atoms in total. The smallest absolute Gasteiger partial charge is 0.335 e. The summed E-state index contributed by atoms with van der Waals surface area (Å²) in [5, 5.41) is 11.8. The molecule has 0 aliphatic carbocycles. The molecule has 1 aliphatic rings. The molecule has 3 rings (SSSR count). The second-order valence-corrected chi connectivity index (χ2v) is 4.50. The molecule has 3 N–H and O–H groups in total. The van der Waals surface area contributed by atoms with Crippen LogP contribution in [-0.2, 0) is 17.8 Å². The molecule has 0 atom stereocenters. The number of aromatic amines is 1. The first-order valence-electron chi connectivity index (χ1n) is 5.94. The molecule has 2 aromatic rings. The number of amides is 1. The first-order chi connectivity index (χ1) is 9.15. The fourth-order valence-electron chi connectivity index (χ4n) is 2.34. The summed E-state index contributed by atoms with van der Waals surface area (Å²) in [7, 11) is 0. The van der Waals surface area contributed by atoms with Gasteiger partial charge in [0.15, 0.2) is 0 Å². The SMILES string of the molecule is O=C1Cc2c(-c3cccc(C(=O)O)c3)c[nH]c2CN1. The highest BCUT2D eigenvalue weighted by molar-refractivity contribution is 5.90. The number of fused-ring (bicyclic) bond motifs is 1. The van der Waals surface area contributed by atoms with Crippen LogP contribution in [0.15, 0.2) is 30.5 Å². The summed E-state index contributed by atoms with van der Waals surface area (Å²) in [6, 6.07) is 6.74. The van der Waals surface area contributed by atoms with E-state index in [0.29, 0.717) is 13.0 Å². The van der Waals surface area contributed by atoms with Gasteiger partial charge in [-0.3, -0.25) is 4.79 Å². The third-order valence-electron chi connectivity index (χ3n) is 3.30. The van der Waals surface area contributed by atoms with Gasteiger partial charge in [-0.15, -0.1) is 0 Å². The lowest BCUT2D eigenvalue weighted by atomic mass is 9.97. The van der Waals surface area contributed by atoms with Gasteiger partial charge in [0, 0.05) is 17.5 Å². The van der Waals surface area contributed by atoms with Crippen LogP contribution in [0.4, 0.5) is 0 Å². The number of H-pyrrole nitrogens is 1. The molecule has 96 valence electrons. The third kappa shape index (κ3) is 1.99. The lowest BCUT2D eigenvalue weighted by molar-refractivity contribution is -0.121. The van der Waals surface area contributed by atoms with Gasteiger partial charge >= 0.3 is 5.97 Å². The number of aromatic nitrogens is 1. The zero-order valence-corrected chi connectivity index (χ0v) is 10.1. The van der Waals surface area contributed by atoms with Crippen molar-refractivity contribution in [2.75, 3.05) is 0 Å². The Morgan fingerprint density at radius 1 is 1.32 bits per heavy atom. The van der Waals surface area contributed by atoms with Crippen LogP contribution in [0.2, 0.25) is 0 Å². The van der Waals surface area contributed by atoms with Crippen LogP contribution < -0.4 is 5.32 Å². The first kappa shape index (κ1) is 11.5. The second-order valence-electron chi connectivity index (χ2n) is 4.50. The number of rotatable bonds is 2. The van der Waals surface area contributed by atoms with Crippen LogP contribution in [0.1, 0.15) is 21.6 Å². The number of hydrogen-bond donors (Lipinski definition) is 3. The van der Waals surface area contributed by atoms with Crippen molar-refractivity contribution in [3.63, 3.8) is 0 Å². The molecule has 0 spiro atoms. The van der Waals surface area contributed by atoms with Gasteiger partial charge in [-0.05, 0) is 23.3 Å². The highest BCUT2D eigenvalue weighted by atomic mass is 16.4. The quantitative estimate of drug-likeness (QED) is 0.762. The maximum absolute atomic E-state index is 11.5. The molecule has 2 heterocycles. The van der Waals surface area contributed by atoms with E-state index in [0.717, 1.165) is 22.4 Å². The van der Waals surface area contributed by atoms with E-state index in [1.54, 1.807) is 18.2 Å². The van der Waals surface area contributed by atoms with Crippen LogP contribution in [-0.4, -0.2) is 22.0 Å². The fourth-order valence-corrected chi connectivity index (χ4v) is 2.34. The topological polar surface area (TPSA) is 82.2 Å². The molecule has 0 fully saturated rings. The van der Waals surface area contributed by atoms with Crippen molar-refractivity contribution in [2.45, 2.75) is 13.0 Å². The van der Waals surface area contributed by atoms with E-state index < -0.39 is 5.97 Å². The molecule has 19 heavy (non-hydrogen) atoms. The largest absolute Gasteiger partial charge is 0.478 e. The minimum atomic E-state index is -0.955. The molecule has 0 saturated heterocycles. The van der Waals surface area contributed by atoms with Crippen LogP contribution >= 0.6 is 0 Å². The number of nitrogens with one attached hydrogen (secondary N) is 2. The summed E-state index contributed by atoms with van der Waals surface area (Å²) in [6.45, 7) is 0.493. The minimum absolute atomic E-state index is 0.0114. The average molecular weight is 256 g/mol. The maximum atomic E-state index is 11.5. The van der Waals surface area contributed by atoms with E-state index in [9.17, 15) is 9.59 Å². The van der Waals surface area contributed by atoms with Crippen LogP contribution in [0.3, 0.4) is 0 Å². The van der Waals surface area contributed by atoms with Gasteiger partial charge in [0.2, 0.25) is 5.91 Å². The average Bonchev–Trinajstić information content (AvgIpc) is 2.81. The zero-order chi connectivity index (χ0) is 13.4. The first-order valence-corrected chi connectivity index (χ1v) is 5.94. The van der Waals surface area contributed by atoms with Crippen molar-refractivity contribution in [1.82, 2.24) is 10.3 Å². The Bertz CT molecular complexity index is 673. The maximum Gasteiger partial charge on any atom is 0.335 e. The van der Waals surface area contributed by atoms with E-state index >= 15 is 0 Å². The lowest BCUT2D eigenvalue weighted by Crippen LogP contribution is -2.30. The molecule has 5 heteroatoms. The monoisotopic (exact) mass is 256 g/mol. The minimum Gasteiger partial charge on any atom is -0.478 e. The Kier molecular flexibility index (Phi) is 2.59. The van der Waals surface area contributed by atoms with Gasteiger partial charge in [-0.25, -0.2) is 4.79 Å². The van der Waals surface area contributed by atoms with Crippen molar-refractivity contribution < 1.29 is 14.7 Å². The van der Waals surface area contributed by atoms with Gasteiger partial charge in [-0.1, -0.05) is 12.1 Å². The molecular weight excluding hydrogens is 244 g/mol. The summed E-state index contributed by atoms with van der Waals surface area (Å²) in [6.07, 6.45) is 2.15.